The maximum atomic E-state index is 12.4. The van der Waals surface area contributed by atoms with Gasteiger partial charge in [0.15, 0.2) is 18.1 Å². The third kappa shape index (κ3) is 4.15. The number of hydrogen-bond donors (Lipinski definition) is 1. The topological polar surface area (TPSA) is 81.9 Å². The summed E-state index contributed by atoms with van der Waals surface area (Å²) in [6, 6.07) is 4.87. The van der Waals surface area contributed by atoms with Gasteiger partial charge in [0.1, 0.15) is 0 Å². The van der Waals surface area contributed by atoms with Crippen LogP contribution >= 0.6 is 0 Å². The molecule has 0 radical (unpaired) electrons. The number of nitrogens with zero attached hydrogens (tertiary/aromatic N) is 1. The van der Waals surface area contributed by atoms with Crippen molar-refractivity contribution in [2.75, 3.05) is 26.8 Å². The number of methoxy groups -OCH3 is 1. The third-order valence-corrected chi connectivity index (χ3v) is 4.03. The fourth-order valence-corrected chi connectivity index (χ4v) is 3.11. The first-order valence-corrected chi connectivity index (χ1v) is 7.79. The zero-order chi connectivity index (χ0) is 17.0. The Labute approximate surface area is 136 Å². The third-order valence-electron chi connectivity index (χ3n) is 4.03. The number of benzene rings is 1. The average molecular weight is 320 g/mol. The van der Waals surface area contributed by atoms with Gasteiger partial charge in [-0.05, 0) is 30.4 Å². The Hall–Kier alpha value is -2.24. The highest BCUT2D eigenvalue weighted by atomic mass is 16.5. The molecule has 0 saturated carbocycles. The van der Waals surface area contributed by atoms with E-state index in [4.69, 9.17) is 15.2 Å². The molecule has 1 aliphatic heterocycles. The van der Waals surface area contributed by atoms with Crippen molar-refractivity contribution in [2.45, 2.75) is 20.3 Å². The molecule has 2 atom stereocenters. The van der Waals surface area contributed by atoms with Crippen LogP contribution in [0.3, 0.4) is 0 Å². The maximum absolute atomic E-state index is 12.4. The smallest absolute Gasteiger partial charge is 0.260 e. The fraction of sp³-hybridized carbons (Fsp3) is 0.529. The van der Waals surface area contributed by atoms with Gasteiger partial charge >= 0.3 is 0 Å². The van der Waals surface area contributed by atoms with E-state index in [-0.39, 0.29) is 23.8 Å². The van der Waals surface area contributed by atoms with Gasteiger partial charge in [0.25, 0.3) is 11.8 Å². The van der Waals surface area contributed by atoms with Crippen LogP contribution in [-0.2, 0) is 4.79 Å². The van der Waals surface area contributed by atoms with E-state index >= 15 is 0 Å². The van der Waals surface area contributed by atoms with Crippen molar-refractivity contribution in [2.24, 2.45) is 17.6 Å². The van der Waals surface area contributed by atoms with Crippen molar-refractivity contribution in [1.82, 2.24) is 4.90 Å². The monoisotopic (exact) mass is 320 g/mol. The molecule has 0 spiro atoms. The predicted molar refractivity (Wildman–Crippen MR) is 86.5 cm³/mol. The van der Waals surface area contributed by atoms with Crippen LogP contribution in [0.25, 0.3) is 0 Å². The lowest BCUT2D eigenvalue weighted by molar-refractivity contribution is -0.136. The molecule has 0 aliphatic carbocycles. The molecule has 23 heavy (non-hydrogen) atoms. The van der Waals surface area contributed by atoms with E-state index < -0.39 is 5.91 Å². The summed E-state index contributed by atoms with van der Waals surface area (Å²) in [7, 11) is 1.47. The molecule has 1 aromatic carbocycles. The summed E-state index contributed by atoms with van der Waals surface area (Å²) < 4.78 is 10.8. The summed E-state index contributed by atoms with van der Waals surface area (Å²) in [5, 5.41) is 0. The Morgan fingerprint density at radius 3 is 2.48 bits per heavy atom. The second-order valence-electron chi connectivity index (χ2n) is 6.23. The minimum absolute atomic E-state index is 0.0928. The van der Waals surface area contributed by atoms with Gasteiger partial charge < -0.3 is 20.1 Å². The zero-order valence-corrected chi connectivity index (χ0v) is 13.9. The summed E-state index contributed by atoms with van der Waals surface area (Å²) in [5.41, 5.74) is 5.56. The summed E-state index contributed by atoms with van der Waals surface area (Å²) in [4.78, 5) is 25.7. The van der Waals surface area contributed by atoms with Gasteiger partial charge in [-0.3, -0.25) is 9.59 Å². The lowest BCUT2D eigenvalue weighted by Crippen LogP contribution is -2.44. The van der Waals surface area contributed by atoms with Crippen molar-refractivity contribution >= 4 is 11.8 Å². The zero-order valence-electron chi connectivity index (χ0n) is 13.9. The van der Waals surface area contributed by atoms with Crippen molar-refractivity contribution in [1.29, 1.82) is 0 Å². The standard InChI is InChI=1S/C17H24N2O4/c1-11-7-12(2)9-19(8-11)15(20)10-23-16-13(17(18)21)5-4-6-14(16)22-3/h4-6,11-12H,7-10H2,1-3H3,(H2,18,21)/t11-,12-/m0/s1. The molecule has 1 aromatic rings. The minimum Gasteiger partial charge on any atom is -0.493 e. The molecule has 0 unspecified atom stereocenters. The van der Waals surface area contributed by atoms with Crippen molar-refractivity contribution < 1.29 is 19.1 Å². The van der Waals surface area contributed by atoms with Crippen LogP contribution in [0.1, 0.15) is 30.6 Å². The molecule has 1 fully saturated rings. The van der Waals surface area contributed by atoms with Crippen LogP contribution in [0.5, 0.6) is 11.5 Å². The van der Waals surface area contributed by atoms with Gasteiger partial charge in [-0.1, -0.05) is 19.9 Å². The molecule has 1 saturated heterocycles. The second-order valence-corrected chi connectivity index (χ2v) is 6.23. The SMILES string of the molecule is COc1cccc(C(N)=O)c1OCC(=O)N1C[C@@H](C)C[C@H](C)C1. The van der Waals surface area contributed by atoms with E-state index in [1.807, 2.05) is 4.90 Å². The van der Waals surface area contributed by atoms with Crippen molar-refractivity contribution in [3.8, 4) is 11.5 Å². The van der Waals surface area contributed by atoms with Gasteiger partial charge in [-0.2, -0.15) is 0 Å². The van der Waals surface area contributed by atoms with Crippen LogP contribution in [0, 0.1) is 11.8 Å². The van der Waals surface area contributed by atoms with Crippen LogP contribution in [0.4, 0.5) is 0 Å². The number of hydrogen-bond acceptors (Lipinski definition) is 4. The van der Waals surface area contributed by atoms with Crippen LogP contribution < -0.4 is 15.2 Å². The minimum atomic E-state index is -0.619. The first-order chi connectivity index (χ1) is 10.9. The number of amides is 2. The van der Waals surface area contributed by atoms with Crippen LogP contribution in [0.15, 0.2) is 18.2 Å². The van der Waals surface area contributed by atoms with E-state index in [0.717, 1.165) is 19.5 Å². The molecule has 126 valence electrons. The molecular formula is C17H24N2O4. The highest BCUT2D eigenvalue weighted by Gasteiger charge is 2.26. The average Bonchev–Trinajstić information content (AvgIpc) is 2.51. The molecule has 6 heteroatoms. The van der Waals surface area contributed by atoms with Gasteiger partial charge in [-0.15, -0.1) is 0 Å². The van der Waals surface area contributed by atoms with E-state index in [1.54, 1.807) is 18.2 Å². The Morgan fingerprint density at radius 1 is 1.26 bits per heavy atom. The highest BCUT2D eigenvalue weighted by molar-refractivity contribution is 5.96. The van der Waals surface area contributed by atoms with Crippen molar-refractivity contribution in [3.63, 3.8) is 0 Å². The Kier molecular flexibility index (Phi) is 5.47. The number of rotatable bonds is 5. The molecule has 1 heterocycles. The number of piperidine rings is 1. The molecule has 2 N–H and O–H groups in total. The lowest BCUT2D eigenvalue weighted by atomic mass is 9.92. The van der Waals surface area contributed by atoms with Gasteiger partial charge in [0, 0.05) is 13.1 Å². The Balaban J connectivity index is 2.08. The predicted octanol–water partition coefficient (Wildman–Crippen LogP) is 1.68. The number of likely N-dealkylation sites (tertiary alicyclic amines) is 1. The lowest BCUT2D eigenvalue weighted by Gasteiger charge is -2.35. The second kappa shape index (κ2) is 7.35. The largest absolute Gasteiger partial charge is 0.493 e. The molecule has 0 bridgehead atoms. The number of primary amides is 1. The Bertz CT molecular complexity index is 578. The fourth-order valence-electron chi connectivity index (χ4n) is 3.11. The molecule has 2 amide bonds. The quantitative estimate of drug-likeness (QED) is 0.895. The van der Waals surface area contributed by atoms with Gasteiger partial charge in [0.05, 0.1) is 12.7 Å². The highest BCUT2D eigenvalue weighted by Crippen LogP contribution is 2.31. The van der Waals surface area contributed by atoms with E-state index in [2.05, 4.69) is 13.8 Å². The number of carbonyl (C=O) groups excluding carboxylic acids is 2. The first-order valence-electron chi connectivity index (χ1n) is 7.79. The van der Waals surface area contributed by atoms with E-state index in [0.29, 0.717) is 17.6 Å². The van der Waals surface area contributed by atoms with Crippen LogP contribution in [0.2, 0.25) is 0 Å². The summed E-state index contributed by atoms with van der Waals surface area (Å²) in [6.07, 6.45) is 1.13. The molecular weight excluding hydrogens is 296 g/mol. The summed E-state index contributed by atoms with van der Waals surface area (Å²) in [5.74, 6) is 0.852. The number of carbonyl (C=O) groups is 2. The number of ether oxygens (including phenoxy) is 2. The summed E-state index contributed by atoms with van der Waals surface area (Å²) >= 11 is 0. The maximum Gasteiger partial charge on any atom is 0.260 e. The van der Waals surface area contributed by atoms with Crippen molar-refractivity contribution in [3.05, 3.63) is 23.8 Å². The molecule has 6 nitrogen and oxygen atoms in total. The molecule has 1 aliphatic rings. The van der Waals surface area contributed by atoms with Gasteiger partial charge in [0.2, 0.25) is 0 Å². The summed E-state index contributed by atoms with van der Waals surface area (Å²) in [6.45, 7) is 5.62. The molecule has 2 rings (SSSR count). The normalized spacial score (nSPS) is 20.9. The molecule has 0 aromatic heterocycles. The van der Waals surface area contributed by atoms with E-state index in [1.165, 1.54) is 7.11 Å². The Morgan fingerprint density at radius 2 is 1.91 bits per heavy atom. The van der Waals surface area contributed by atoms with E-state index in [9.17, 15) is 9.59 Å². The first kappa shape index (κ1) is 17.1. The number of nitrogens with two attached hydrogens (primary N) is 1. The number of para-hydroxylation sites is 1. The van der Waals surface area contributed by atoms with Crippen LogP contribution in [-0.4, -0.2) is 43.5 Å². The van der Waals surface area contributed by atoms with Gasteiger partial charge in [-0.25, -0.2) is 0 Å².